The predicted molar refractivity (Wildman–Crippen MR) is 82.9 cm³/mol. The zero-order valence-electron chi connectivity index (χ0n) is 12.8. The summed E-state index contributed by atoms with van der Waals surface area (Å²) in [6, 6.07) is 8.13. The third-order valence-electron chi connectivity index (χ3n) is 3.45. The Morgan fingerprint density at radius 1 is 1.35 bits per heavy atom. The van der Waals surface area contributed by atoms with Gasteiger partial charge < -0.3 is 15.3 Å². The first-order valence-electron chi connectivity index (χ1n) is 7.24. The fourth-order valence-electron chi connectivity index (χ4n) is 2.30. The second-order valence-electron chi connectivity index (χ2n) is 5.09. The van der Waals surface area contributed by atoms with E-state index in [2.05, 4.69) is 23.2 Å². The Balaban J connectivity index is 2.92. The average molecular weight is 275 g/mol. The molecule has 2 N–H and O–H groups in total. The summed E-state index contributed by atoms with van der Waals surface area (Å²) in [6.07, 6.45) is 0. The van der Waals surface area contributed by atoms with Crippen molar-refractivity contribution in [1.82, 2.24) is 5.32 Å². The van der Waals surface area contributed by atoms with Gasteiger partial charge in [-0.2, -0.15) is 5.26 Å². The van der Waals surface area contributed by atoms with Crippen molar-refractivity contribution in [2.45, 2.75) is 33.7 Å². The Morgan fingerprint density at radius 2 is 2.05 bits per heavy atom. The van der Waals surface area contributed by atoms with E-state index < -0.39 is 0 Å². The van der Waals surface area contributed by atoms with Gasteiger partial charge in [-0.15, -0.1) is 0 Å². The summed E-state index contributed by atoms with van der Waals surface area (Å²) in [4.78, 5) is 2.11. The first-order valence-corrected chi connectivity index (χ1v) is 7.24. The highest BCUT2D eigenvalue weighted by atomic mass is 16.3. The number of nitriles is 1. The van der Waals surface area contributed by atoms with Crippen LogP contribution in [0, 0.1) is 17.2 Å². The second-order valence-corrected chi connectivity index (χ2v) is 5.09. The zero-order chi connectivity index (χ0) is 15.1. The van der Waals surface area contributed by atoms with E-state index in [9.17, 15) is 5.11 Å². The summed E-state index contributed by atoms with van der Waals surface area (Å²) >= 11 is 0. The van der Waals surface area contributed by atoms with E-state index in [4.69, 9.17) is 5.26 Å². The van der Waals surface area contributed by atoms with Gasteiger partial charge in [0.25, 0.3) is 0 Å². The van der Waals surface area contributed by atoms with Crippen molar-refractivity contribution in [3.05, 3.63) is 23.8 Å². The van der Waals surface area contributed by atoms with E-state index in [0.29, 0.717) is 12.3 Å². The van der Waals surface area contributed by atoms with E-state index >= 15 is 0 Å². The Kier molecular flexibility index (Phi) is 6.33. The number of nitrogens with zero attached hydrogens (tertiary/aromatic N) is 2. The van der Waals surface area contributed by atoms with Crippen LogP contribution in [0.3, 0.4) is 0 Å². The molecule has 0 spiro atoms. The largest absolute Gasteiger partial charge is 0.508 e. The number of nitrogens with one attached hydrogen (secondary N) is 1. The number of anilines is 1. The van der Waals surface area contributed by atoms with Gasteiger partial charge in [-0.1, -0.05) is 13.0 Å². The maximum absolute atomic E-state index is 10.2. The predicted octanol–water partition coefficient (Wildman–Crippen LogP) is 3.05. The number of phenols is 1. The van der Waals surface area contributed by atoms with E-state index in [1.165, 1.54) is 0 Å². The highest BCUT2D eigenvalue weighted by molar-refractivity contribution is 5.54. The van der Waals surface area contributed by atoms with Gasteiger partial charge in [0, 0.05) is 36.4 Å². The lowest BCUT2D eigenvalue weighted by atomic mass is 10.1. The van der Waals surface area contributed by atoms with Gasteiger partial charge in [-0.25, -0.2) is 0 Å². The minimum absolute atomic E-state index is 0.0301. The molecule has 1 aromatic carbocycles. The molecule has 0 saturated carbocycles. The molecule has 4 heteroatoms. The van der Waals surface area contributed by atoms with E-state index in [1.807, 2.05) is 32.9 Å². The van der Waals surface area contributed by atoms with Crippen LogP contribution >= 0.6 is 0 Å². The van der Waals surface area contributed by atoms with Gasteiger partial charge in [-0.3, -0.25) is 0 Å². The Hall–Kier alpha value is -1.73. The van der Waals surface area contributed by atoms with Crippen LogP contribution in [0.15, 0.2) is 18.2 Å². The van der Waals surface area contributed by atoms with Gasteiger partial charge >= 0.3 is 0 Å². The zero-order valence-corrected chi connectivity index (χ0v) is 12.8. The van der Waals surface area contributed by atoms with E-state index in [-0.39, 0.29) is 12.0 Å². The molecule has 2 unspecified atom stereocenters. The highest BCUT2D eigenvalue weighted by Gasteiger charge is 2.13. The third kappa shape index (κ3) is 4.14. The monoisotopic (exact) mass is 275 g/mol. The standard InChI is InChI=1S/C16H25N3O/c1-5-18-13(4)15-8-7-14(9-16(15)20)19(6-2)11-12(3)10-17/h7-9,12-13,18,20H,5-6,11H2,1-4H3. The molecule has 110 valence electrons. The molecule has 0 radical (unpaired) electrons. The van der Waals surface area contributed by atoms with Crippen molar-refractivity contribution >= 4 is 5.69 Å². The molecule has 0 fully saturated rings. The highest BCUT2D eigenvalue weighted by Crippen LogP contribution is 2.29. The van der Waals surface area contributed by atoms with Crippen LogP contribution in [0.1, 0.15) is 39.3 Å². The first kappa shape index (κ1) is 16.3. The molecule has 4 nitrogen and oxygen atoms in total. The number of hydrogen-bond donors (Lipinski definition) is 2. The number of hydrogen-bond acceptors (Lipinski definition) is 4. The second kappa shape index (κ2) is 7.76. The topological polar surface area (TPSA) is 59.3 Å². The molecule has 1 aromatic rings. The van der Waals surface area contributed by atoms with Crippen LogP contribution in [0.4, 0.5) is 5.69 Å². The number of aromatic hydroxyl groups is 1. The van der Waals surface area contributed by atoms with Crippen LogP contribution in [-0.2, 0) is 0 Å². The van der Waals surface area contributed by atoms with Crippen molar-refractivity contribution in [2.24, 2.45) is 5.92 Å². The molecule has 0 heterocycles. The smallest absolute Gasteiger partial charge is 0.122 e. The molecule has 2 atom stereocenters. The maximum Gasteiger partial charge on any atom is 0.122 e. The fourth-order valence-corrected chi connectivity index (χ4v) is 2.30. The SMILES string of the molecule is CCNC(C)c1ccc(N(CC)CC(C)C#N)cc1O. The lowest BCUT2D eigenvalue weighted by molar-refractivity contribution is 0.454. The summed E-state index contributed by atoms with van der Waals surface area (Å²) in [5.41, 5.74) is 1.86. The molecule has 1 rings (SSSR count). The van der Waals surface area contributed by atoms with Crippen LogP contribution < -0.4 is 10.2 Å². The van der Waals surface area contributed by atoms with Crippen molar-refractivity contribution < 1.29 is 5.11 Å². The van der Waals surface area contributed by atoms with Gasteiger partial charge in [-0.05, 0) is 33.4 Å². The summed E-state index contributed by atoms with van der Waals surface area (Å²) < 4.78 is 0. The Labute approximate surface area is 122 Å². The Bertz CT molecular complexity index is 467. The third-order valence-corrected chi connectivity index (χ3v) is 3.45. The molecule has 0 saturated heterocycles. The molecule has 0 aliphatic rings. The van der Waals surface area contributed by atoms with Crippen LogP contribution in [0.2, 0.25) is 0 Å². The molecule has 20 heavy (non-hydrogen) atoms. The van der Waals surface area contributed by atoms with Crippen molar-refractivity contribution in [1.29, 1.82) is 5.26 Å². The van der Waals surface area contributed by atoms with Gasteiger partial charge in [0.1, 0.15) is 5.75 Å². The van der Waals surface area contributed by atoms with Crippen LogP contribution in [0.25, 0.3) is 0 Å². The molecular weight excluding hydrogens is 250 g/mol. The lowest BCUT2D eigenvalue weighted by Crippen LogP contribution is -2.27. The number of rotatable bonds is 7. The van der Waals surface area contributed by atoms with Crippen molar-refractivity contribution in [2.75, 3.05) is 24.5 Å². The van der Waals surface area contributed by atoms with Crippen molar-refractivity contribution in [3.8, 4) is 11.8 Å². The normalized spacial score (nSPS) is 13.6. The average Bonchev–Trinajstić information content (AvgIpc) is 2.44. The molecule has 0 amide bonds. The van der Waals surface area contributed by atoms with E-state index in [0.717, 1.165) is 24.3 Å². The van der Waals surface area contributed by atoms with Crippen LogP contribution in [0.5, 0.6) is 5.75 Å². The maximum atomic E-state index is 10.2. The quantitative estimate of drug-likeness (QED) is 0.803. The number of phenolic OH excluding ortho intramolecular Hbond substituents is 1. The molecule has 0 aliphatic heterocycles. The van der Waals surface area contributed by atoms with Gasteiger partial charge in [0.2, 0.25) is 0 Å². The summed E-state index contributed by atoms with van der Waals surface area (Å²) in [5.74, 6) is 0.275. The summed E-state index contributed by atoms with van der Waals surface area (Å²) in [7, 11) is 0. The summed E-state index contributed by atoms with van der Waals surface area (Å²) in [6.45, 7) is 10.4. The van der Waals surface area contributed by atoms with Crippen molar-refractivity contribution in [3.63, 3.8) is 0 Å². The molecule has 0 bridgehead atoms. The molecule has 0 aromatic heterocycles. The summed E-state index contributed by atoms with van der Waals surface area (Å²) in [5, 5.41) is 22.4. The molecular formula is C16H25N3O. The fraction of sp³-hybridized carbons (Fsp3) is 0.562. The first-order chi connectivity index (χ1) is 9.53. The Morgan fingerprint density at radius 3 is 2.55 bits per heavy atom. The van der Waals surface area contributed by atoms with E-state index in [1.54, 1.807) is 6.07 Å². The molecule has 0 aliphatic carbocycles. The minimum Gasteiger partial charge on any atom is -0.508 e. The minimum atomic E-state index is -0.0301. The lowest BCUT2D eigenvalue weighted by Gasteiger charge is -2.25. The van der Waals surface area contributed by atoms with Crippen LogP contribution in [-0.4, -0.2) is 24.7 Å². The van der Waals surface area contributed by atoms with Gasteiger partial charge in [0.05, 0.1) is 12.0 Å². The van der Waals surface area contributed by atoms with Gasteiger partial charge in [0.15, 0.2) is 0 Å². The number of benzene rings is 1.